The zero-order valence-corrected chi connectivity index (χ0v) is 12.6. The van der Waals surface area contributed by atoms with Gasteiger partial charge in [0.05, 0.1) is 28.3 Å². The van der Waals surface area contributed by atoms with Crippen molar-refractivity contribution in [2.75, 3.05) is 11.1 Å². The van der Waals surface area contributed by atoms with Gasteiger partial charge in [0, 0.05) is 6.04 Å². The number of nitrogen functional groups attached to an aromatic ring is 1. The van der Waals surface area contributed by atoms with Gasteiger partial charge in [0.1, 0.15) is 0 Å². The van der Waals surface area contributed by atoms with Crippen molar-refractivity contribution in [3.63, 3.8) is 0 Å². The van der Waals surface area contributed by atoms with Gasteiger partial charge < -0.3 is 16.2 Å². The number of hydrogen-bond acceptors (Lipinski definition) is 4. The highest BCUT2D eigenvalue weighted by molar-refractivity contribution is 6.07. The molecule has 2 aromatic rings. The largest absolute Gasteiger partial charge is 0.505 e. The lowest BCUT2D eigenvalue weighted by Crippen LogP contribution is -2.14. The van der Waals surface area contributed by atoms with E-state index in [-0.39, 0.29) is 23.0 Å². The lowest BCUT2D eigenvalue weighted by Gasteiger charge is -2.10. The Kier molecular flexibility index (Phi) is 3.88. The number of benzene rings is 1. The molecule has 1 aromatic carbocycles. The minimum Gasteiger partial charge on any atom is -0.505 e. The first kappa shape index (κ1) is 14.9. The van der Waals surface area contributed by atoms with E-state index in [1.807, 2.05) is 32.4 Å². The van der Waals surface area contributed by atoms with Crippen molar-refractivity contribution >= 4 is 17.3 Å². The van der Waals surface area contributed by atoms with E-state index in [0.717, 1.165) is 11.4 Å². The second-order valence-electron chi connectivity index (χ2n) is 5.28. The van der Waals surface area contributed by atoms with E-state index >= 15 is 0 Å². The number of carbonyl (C=O) groups excluding carboxylic acids is 1. The highest BCUT2D eigenvalue weighted by Gasteiger charge is 2.18. The van der Waals surface area contributed by atoms with Gasteiger partial charge in [-0.05, 0) is 39.8 Å². The van der Waals surface area contributed by atoms with Crippen molar-refractivity contribution in [1.82, 2.24) is 9.78 Å². The Morgan fingerprint density at radius 2 is 2.05 bits per heavy atom. The van der Waals surface area contributed by atoms with Gasteiger partial charge in [0.2, 0.25) is 0 Å². The monoisotopic (exact) mass is 288 g/mol. The molecule has 0 aliphatic heterocycles. The zero-order chi connectivity index (χ0) is 15.7. The van der Waals surface area contributed by atoms with E-state index in [0.29, 0.717) is 5.69 Å². The Morgan fingerprint density at radius 1 is 1.38 bits per heavy atom. The summed E-state index contributed by atoms with van der Waals surface area (Å²) in [5.74, 6) is -0.615. The standard InChI is InChI=1S/C15H20N4O2/c1-8(2)19-10(4)13(9(3)18-19)17-15(21)11-6-5-7-12(16)14(11)20/h5-8,20H,16H2,1-4H3,(H,17,21). The number of anilines is 2. The van der Waals surface area contributed by atoms with Crippen LogP contribution < -0.4 is 11.1 Å². The van der Waals surface area contributed by atoms with Gasteiger partial charge in [-0.1, -0.05) is 6.07 Å². The zero-order valence-electron chi connectivity index (χ0n) is 12.6. The van der Waals surface area contributed by atoms with Crippen LogP contribution in [-0.2, 0) is 0 Å². The van der Waals surface area contributed by atoms with E-state index in [9.17, 15) is 9.90 Å². The van der Waals surface area contributed by atoms with Gasteiger partial charge in [-0.2, -0.15) is 5.10 Å². The van der Waals surface area contributed by atoms with Gasteiger partial charge in [-0.3, -0.25) is 9.48 Å². The summed E-state index contributed by atoms with van der Waals surface area (Å²) < 4.78 is 1.85. The average Bonchev–Trinajstić information content (AvgIpc) is 2.70. The van der Waals surface area contributed by atoms with Crippen LogP contribution in [0, 0.1) is 13.8 Å². The summed E-state index contributed by atoms with van der Waals surface area (Å²) in [6.45, 7) is 7.78. The molecule has 0 spiro atoms. The number of hydrogen-bond donors (Lipinski definition) is 3. The first-order valence-electron chi connectivity index (χ1n) is 6.77. The molecule has 0 saturated heterocycles. The number of phenolic OH excluding ortho intramolecular Hbond substituents is 1. The maximum absolute atomic E-state index is 12.3. The van der Waals surface area contributed by atoms with Crippen molar-refractivity contribution in [1.29, 1.82) is 0 Å². The lowest BCUT2D eigenvalue weighted by molar-refractivity contribution is 0.102. The third kappa shape index (κ3) is 2.69. The van der Waals surface area contributed by atoms with Crippen molar-refractivity contribution < 1.29 is 9.90 Å². The van der Waals surface area contributed by atoms with Crippen LogP contribution in [-0.4, -0.2) is 20.8 Å². The molecule has 0 radical (unpaired) electrons. The normalized spacial score (nSPS) is 10.9. The summed E-state index contributed by atoms with van der Waals surface area (Å²) >= 11 is 0. The summed E-state index contributed by atoms with van der Waals surface area (Å²) in [4.78, 5) is 12.3. The van der Waals surface area contributed by atoms with Crippen LogP contribution in [0.2, 0.25) is 0 Å². The molecule has 6 nitrogen and oxygen atoms in total. The second kappa shape index (κ2) is 5.47. The number of nitrogens with two attached hydrogens (primary N) is 1. The molecule has 0 saturated carbocycles. The van der Waals surface area contributed by atoms with E-state index in [1.165, 1.54) is 6.07 Å². The number of nitrogens with one attached hydrogen (secondary N) is 1. The molecule has 1 aromatic heterocycles. The third-order valence-electron chi connectivity index (χ3n) is 3.36. The molecule has 0 bridgehead atoms. The predicted molar refractivity (Wildman–Crippen MR) is 82.6 cm³/mol. The summed E-state index contributed by atoms with van der Waals surface area (Å²) in [6, 6.07) is 4.90. The fourth-order valence-electron chi connectivity index (χ4n) is 2.27. The van der Waals surface area contributed by atoms with Crippen LogP contribution in [0.5, 0.6) is 5.75 Å². The molecule has 4 N–H and O–H groups in total. The second-order valence-corrected chi connectivity index (χ2v) is 5.28. The number of para-hydroxylation sites is 1. The van der Waals surface area contributed by atoms with Crippen molar-refractivity contribution in [3.8, 4) is 5.75 Å². The molecule has 0 aliphatic carbocycles. The number of amides is 1. The Hall–Kier alpha value is -2.50. The Bertz CT molecular complexity index is 689. The van der Waals surface area contributed by atoms with Crippen LogP contribution in [0.3, 0.4) is 0 Å². The summed E-state index contributed by atoms with van der Waals surface area (Å²) in [7, 11) is 0. The van der Waals surface area contributed by atoms with Crippen LogP contribution in [0.4, 0.5) is 11.4 Å². The Balaban J connectivity index is 2.34. The van der Waals surface area contributed by atoms with Crippen LogP contribution in [0.15, 0.2) is 18.2 Å². The maximum atomic E-state index is 12.3. The number of carbonyl (C=O) groups is 1. The predicted octanol–water partition coefficient (Wildman–Crippen LogP) is 2.62. The molecule has 6 heteroatoms. The molecular formula is C15H20N4O2. The van der Waals surface area contributed by atoms with Crippen LogP contribution >= 0.6 is 0 Å². The topological polar surface area (TPSA) is 93.2 Å². The minimum atomic E-state index is -0.408. The molecule has 112 valence electrons. The molecule has 1 amide bonds. The first-order chi connectivity index (χ1) is 9.82. The molecule has 0 fully saturated rings. The summed E-state index contributed by atoms with van der Waals surface area (Å²) in [5, 5.41) is 17.1. The summed E-state index contributed by atoms with van der Waals surface area (Å²) in [5.41, 5.74) is 8.20. The fraction of sp³-hybridized carbons (Fsp3) is 0.333. The van der Waals surface area contributed by atoms with E-state index < -0.39 is 5.91 Å². The van der Waals surface area contributed by atoms with E-state index in [4.69, 9.17) is 5.73 Å². The number of rotatable bonds is 3. The van der Waals surface area contributed by atoms with Gasteiger partial charge in [-0.15, -0.1) is 0 Å². The first-order valence-corrected chi connectivity index (χ1v) is 6.77. The molecule has 2 rings (SSSR count). The lowest BCUT2D eigenvalue weighted by atomic mass is 10.1. The SMILES string of the molecule is Cc1nn(C(C)C)c(C)c1NC(=O)c1cccc(N)c1O. The number of phenols is 1. The molecule has 0 aliphatic rings. The molecule has 0 unspecified atom stereocenters. The molecule has 0 atom stereocenters. The van der Waals surface area contributed by atoms with Crippen molar-refractivity contribution in [3.05, 3.63) is 35.2 Å². The minimum absolute atomic E-state index is 0.145. The molecule has 1 heterocycles. The fourth-order valence-corrected chi connectivity index (χ4v) is 2.27. The maximum Gasteiger partial charge on any atom is 0.259 e. The van der Waals surface area contributed by atoms with Crippen LogP contribution in [0.1, 0.15) is 41.6 Å². The van der Waals surface area contributed by atoms with Gasteiger partial charge in [0.25, 0.3) is 5.91 Å². The molecule has 21 heavy (non-hydrogen) atoms. The van der Waals surface area contributed by atoms with Gasteiger partial charge >= 0.3 is 0 Å². The Morgan fingerprint density at radius 3 is 2.62 bits per heavy atom. The number of aromatic nitrogens is 2. The van der Waals surface area contributed by atoms with Crippen molar-refractivity contribution in [2.24, 2.45) is 0 Å². The smallest absolute Gasteiger partial charge is 0.259 e. The third-order valence-corrected chi connectivity index (χ3v) is 3.36. The van der Waals surface area contributed by atoms with E-state index in [1.54, 1.807) is 12.1 Å². The van der Waals surface area contributed by atoms with E-state index in [2.05, 4.69) is 10.4 Å². The van der Waals surface area contributed by atoms with Gasteiger partial charge in [0.15, 0.2) is 5.75 Å². The number of nitrogens with zero attached hydrogens (tertiary/aromatic N) is 2. The molecular weight excluding hydrogens is 268 g/mol. The average molecular weight is 288 g/mol. The highest BCUT2D eigenvalue weighted by Crippen LogP contribution is 2.27. The summed E-state index contributed by atoms with van der Waals surface area (Å²) in [6.07, 6.45) is 0. The van der Waals surface area contributed by atoms with Crippen molar-refractivity contribution in [2.45, 2.75) is 33.7 Å². The van der Waals surface area contributed by atoms with Crippen LogP contribution in [0.25, 0.3) is 0 Å². The van der Waals surface area contributed by atoms with Gasteiger partial charge in [-0.25, -0.2) is 0 Å². The quantitative estimate of drug-likeness (QED) is 0.598. The highest BCUT2D eigenvalue weighted by atomic mass is 16.3. The number of aryl methyl sites for hydroxylation is 1. The number of aromatic hydroxyl groups is 1. The Labute approximate surface area is 123 Å².